The summed E-state index contributed by atoms with van der Waals surface area (Å²) in [7, 11) is 0. The third kappa shape index (κ3) is 2.37. The molecule has 0 fully saturated rings. The highest BCUT2D eigenvalue weighted by atomic mass is 32.1. The molecular weight excluding hydrogens is 336 g/mol. The molecule has 124 valence electrons. The van der Waals surface area contributed by atoms with Crippen molar-refractivity contribution >= 4 is 33.1 Å². The minimum Gasteiger partial charge on any atom is -0.344 e. The van der Waals surface area contributed by atoms with Gasteiger partial charge < -0.3 is 5.32 Å². The van der Waals surface area contributed by atoms with Gasteiger partial charge in [-0.25, -0.2) is 14.5 Å². The van der Waals surface area contributed by atoms with Crippen LogP contribution in [0.5, 0.6) is 0 Å². The van der Waals surface area contributed by atoms with Crippen LogP contribution in [0.1, 0.15) is 33.2 Å². The zero-order valence-electron chi connectivity index (χ0n) is 13.3. The molecule has 1 N–H and O–H groups in total. The molecule has 0 spiro atoms. The summed E-state index contributed by atoms with van der Waals surface area (Å²) in [5.41, 5.74) is 2.83. The zero-order chi connectivity index (χ0) is 16.8. The van der Waals surface area contributed by atoms with Gasteiger partial charge in [-0.1, -0.05) is 6.07 Å². The largest absolute Gasteiger partial charge is 0.344 e. The van der Waals surface area contributed by atoms with Crippen LogP contribution in [0.25, 0.3) is 15.9 Å². The van der Waals surface area contributed by atoms with E-state index in [2.05, 4.69) is 25.4 Å². The molecule has 8 heteroatoms. The molecular formula is C17H14N6OS. The molecule has 1 amide bonds. The standard InChI is InChI=1S/C17H14N6OS/c24-16(19-8-10-4-1-2-7-18-10)14-21-15-13-11-5-3-6-12(11)25-17(13)20-9-23(15)22-14/h1-2,4,7,9H,3,5-6,8H2,(H,19,24). The number of carbonyl (C=O) groups excluding carboxylic acids is 1. The summed E-state index contributed by atoms with van der Waals surface area (Å²) in [6.07, 6.45) is 6.65. The van der Waals surface area contributed by atoms with Gasteiger partial charge in [-0.05, 0) is 37.0 Å². The molecule has 7 nitrogen and oxygen atoms in total. The number of rotatable bonds is 3. The number of nitrogens with one attached hydrogen (secondary N) is 1. The van der Waals surface area contributed by atoms with Crippen LogP contribution in [0.3, 0.4) is 0 Å². The van der Waals surface area contributed by atoms with Gasteiger partial charge in [-0.15, -0.1) is 16.4 Å². The maximum atomic E-state index is 12.4. The van der Waals surface area contributed by atoms with E-state index in [1.165, 1.54) is 16.9 Å². The lowest BCUT2D eigenvalue weighted by molar-refractivity contribution is 0.0940. The first-order valence-corrected chi connectivity index (χ1v) is 8.95. The van der Waals surface area contributed by atoms with Crippen molar-refractivity contribution in [2.45, 2.75) is 25.8 Å². The number of pyridine rings is 1. The second kappa shape index (κ2) is 5.59. The number of aromatic nitrogens is 5. The van der Waals surface area contributed by atoms with Crippen LogP contribution in [0.15, 0.2) is 30.7 Å². The highest BCUT2D eigenvalue weighted by Crippen LogP contribution is 2.37. The predicted molar refractivity (Wildman–Crippen MR) is 93.6 cm³/mol. The van der Waals surface area contributed by atoms with Gasteiger partial charge in [0.2, 0.25) is 5.82 Å². The van der Waals surface area contributed by atoms with E-state index in [-0.39, 0.29) is 11.7 Å². The molecule has 4 heterocycles. The summed E-state index contributed by atoms with van der Waals surface area (Å²) in [6.45, 7) is 0.344. The first kappa shape index (κ1) is 14.5. The van der Waals surface area contributed by atoms with Crippen molar-refractivity contribution in [1.82, 2.24) is 29.9 Å². The normalized spacial score (nSPS) is 13.4. The van der Waals surface area contributed by atoms with Gasteiger partial charge in [-0.2, -0.15) is 0 Å². The number of fused-ring (bicyclic) bond motifs is 5. The zero-order valence-corrected chi connectivity index (χ0v) is 14.1. The van der Waals surface area contributed by atoms with E-state index in [1.54, 1.807) is 28.4 Å². The van der Waals surface area contributed by atoms with E-state index >= 15 is 0 Å². The number of hydrogen-bond donors (Lipinski definition) is 1. The van der Waals surface area contributed by atoms with Crippen LogP contribution >= 0.6 is 11.3 Å². The van der Waals surface area contributed by atoms with Gasteiger partial charge in [-0.3, -0.25) is 9.78 Å². The van der Waals surface area contributed by atoms with Gasteiger partial charge in [0.1, 0.15) is 11.2 Å². The van der Waals surface area contributed by atoms with Crippen molar-refractivity contribution < 1.29 is 4.79 Å². The molecule has 4 aromatic heterocycles. The Hall–Kier alpha value is -2.87. The van der Waals surface area contributed by atoms with E-state index in [1.807, 2.05) is 18.2 Å². The summed E-state index contributed by atoms with van der Waals surface area (Å²) in [4.78, 5) is 27.9. The summed E-state index contributed by atoms with van der Waals surface area (Å²) in [5, 5.41) is 8.16. The van der Waals surface area contributed by atoms with E-state index in [0.717, 1.165) is 28.8 Å². The summed E-state index contributed by atoms with van der Waals surface area (Å²) in [5.74, 6) is -0.155. The SMILES string of the molecule is O=C(NCc1ccccn1)c1nc2c3c4c(sc3ncn2n1)CCC4. The summed E-state index contributed by atoms with van der Waals surface area (Å²) in [6, 6.07) is 5.59. The molecule has 0 aliphatic heterocycles. The molecule has 0 aromatic carbocycles. The molecule has 0 atom stereocenters. The Morgan fingerprint density at radius 1 is 1.28 bits per heavy atom. The average Bonchev–Trinajstić information content (AvgIpc) is 3.33. The maximum Gasteiger partial charge on any atom is 0.291 e. The lowest BCUT2D eigenvalue weighted by atomic mass is 10.2. The van der Waals surface area contributed by atoms with Gasteiger partial charge in [0, 0.05) is 11.1 Å². The minimum atomic E-state index is -0.311. The third-order valence-electron chi connectivity index (χ3n) is 4.40. The Morgan fingerprint density at radius 3 is 3.12 bits per heavy atom. The molecule has 0 unspecified atom stereocenters. The second-order valence-electron chi connectivity index (χ2n) is 5.99. The molecule has 5 rings (SSSR count). The Morgan fingerprint density at radius 2 is 2.24 bits per heavy atom. The van der Waals surface area contributed by atoms with Gasteiger partial charge >= 0.3 is 0 Å². The van der Waals surface area contributed by atoms with Gasteiger partial charge in [0.15, 0.2) is 5.65 Å². The van der Waals surface area contributed by atoms with Crippen LogP contribution < -0.4 is 5.32 Å². The monoisotopic (exact) mass is 350 g/mol. The fourth-order valence-corrected chi connectivity index (χ4v) is 4.47. The number of carbonyl (C=O) groups is 1. The van der Waals surface area contributed by atoms with Gasteiger partial charge in [0.25, 0.3) is 5.91 Å². The Kier molecular flexibility index (Phi) is 3.24. The fraction of sp³-hybridized carbons (Fsp3) is 0.235. The van der Waals surface area contributed by atoms with Crippen LogP contribution in [0.2, 0.25) is 0 Å². The summed E-state index contributed by atoms with van der Waals surface area (Å²) >= 11 is 1.73. The quantitative estimate of drug-likeness (QED) is 0.612. The highest BCUT2D eigenvalue weighted by Gasteiger charge is 2.23. The van der Waals surface area contributed by atoms with Crippen molar-refractivity contribution in [2.24, 2.45) is 0 Å². The molecule has 4 aromatic rings. The number of thiophene rings is 1. The van der Waals surface area contributed by atoms with E-state index in [0.29, 0.717) is 12.2 Å². The number of aryl methyl sites for hydroxylation is 2. The van der Waals surface area contributed by atoms with Crippen LogP contribution in [0, 0.1) is 0 Å². The Labute approximate surface area is 146 Å². The van der Waals surface area contributed by atoms with E-state index < -0.39 is 0 Å². The van der Waals surface area contributed by atoms with Crippen molar-refractivity contribution in [1.29, 1.82) is 0 Å². The molecule has 0 saturated heterocycles. The molecule has 0 bridgehead atoms. The van der Waals surface area contributed by atoms with E-state index in [9.17, 15) is 4.79 Å². The van der Waals surface area contributed by atoms with Crippen LogP contribution in [-0.2, 0) is 19.4 Å². The van der Waals surface area contributed by atoms with Crippen LogP contribution in [-0.4, -0.2) is 30.5 Å². The smallest absolute Gasteiger partial charge is 0.291 e. The Balaban J connectivity index is 1.50. The molecule has 1 aliphatic carbocycles. The molecule has 1 aliphatic rings. The number of amides is 1. The Bertz CT molecular complexity index is 1100. The molecule has 25 heavy (non-hydrogen) atoms. The predicted octanol–water partition coefficient (Wildman–Crippen LogP) is 2.15. The van der Waals surface area contributed by atoms with Crippen molar-refractivity contribution in [3.63, 3.8) is 0 Å². The van der Waals surface area contributed by atoms with Crippen molar-refractivity contribution in [3.8, 4) is 0 Å². The maximum absolute atomic E-state index is 12.4. The lowest BCUT2D eigenvalue weighted by Gasteiger charge is -2.00. The average molecular weight is 350 g/mol. The van der Waals surface area contributed by atoms with Crippen molar-refractivity contribution in [2.75, 3.05) is 0 Å². The number of nitrogens with zero attached hydrogens (tertiary/aromatic N) is 5. The van der Waals surface area contributed by atoms with Crippen molar-refractivity contribution in [3.05, 3.63) is 52.7 Å². The van der Waals surface area contributed by atoms with Gasteiger partial charge in [0.05, 0.1) is 17.6 Å². The first-order valence-electron chi connectivity index (χ1n) is 8.13. The third-order valence-corrected chi connectivity index (χ3v) is 5.60. The molecule has 0 saturated carbocycles. The topological polar surface area (TPSA) is 85.1 Å². The fourth-order valence-electron chi connectivity index (χ4n) is 3.24. The highest BCUT2D eigenvalue weighted by molar-refractivity contribution is 7.19. The first-order chi connectivity index (χ1) is 12.3. The number of hydrogen-bond acceptors (Lipinski definition) is 6. The lowest BCUT2D eigenvalue weighted by Crippen LogP contribution is -2.24. The minimum absolute atomic E-state index is 0.156. The second-order valence-corrected chi connectivity index (χ2v) is 7.07. The molecule has 0 radical (unpaired) electrons. The van der Waals surface area contributed by atoms with Crippen LogP contribution in [0.4, 0.5) is 0 Å². The van der Waals surface area contributed by atoms with E-state index in [4.69, 9.17) is 0 Å². The summed E-state index contributed by atoms with van der Waals surface area (Å²) < 4.78 is 1.60.